The normalized spacial score (nSPS) is 12.7. The maximum absolute atomic E-state index is 14.1. The average molecular weight is 432 g/mol. The molecule has 11 heteroatoms. The van der Waals surface area contributed by atoms with E-state index in [-0.39, 0.29) is 29.5 Å². The number of sulfonamides is 2. The molecule has 4 N–H and O–H groups in total. The number of benzene rings is 1. The molecule has 0 aromatic heterocycles. The van der Waals surface area contributed by atoms with Crippen molar-refractivity contribution in [2.24, 2.45) is 5.73 Å². The quantitative estimate of drug-likeness (QED) is 0.553. The van der Waals surface area contributed by atoms with Crippen LogP contribution in [0.5, 0.6) is 0 Å². The third kappa shape index (κ3) is 6.34. The number of anilines is 1. The fourth-order valence-corrected chi connectivity index (χ4v) is 3.70. The molecule has 0 fully saturated rings. The molecular formula is C15H27ClFN3O4S2. The summed E-state index contributed by atoms with van der Waals surface area (Å²) in [5.41, 5.74) is 5.07. The molecule has 0 aliphatic rings. The Morgan fingerprint density at radius 1 is 1.15 bits per heavy atom. The Labute approximate surface area is 161 Å². The maximum atomic E-state index is 14.1. The van der Waals surface area contributed by atoms with E-state index in [1.165, 1.54) is 13.8 Å². The molecule has 1 aromatic carbocycles. The molecule has 0 atom stereocenters. The van der Waals surface area contributed by atoms with Crippen molar-refractivity contribution < 1.29 is 21.2 Å². The summed E-state index contributed by atoms with van der Waals surface area (Å²) in [5.74, 6) is -0.975. The second-order valence-corrected chi connectivity index (χ2v) is 10.2. The molecule has 0 aliphatic carbocycles. The van der Waals surface area contributed by atoms with Gasteiger partial charge in [-0.2, -0.15) is 0 Å². The van der Waals surface area contributed by atoms with Gasteiger partial charge in [-0.25, -0.2) is 25.9 Å². The lowest BCUT2D eigenvalue weighted by molar-refractivity contribution is 0.391. The Bertz CT molecular complexity index is 810. The summed E-state index contributed by atoms with van der Waals surface area (Å²) in [4.78, 5) is -0.299. The number of nitrogens with one attached hydrogen (secondary N) is 2. The molecule has 0 amide bonds. The maximum Gasteiger partial charge on any atom is 0.240 e. The summed E-state index contributed by atoms with van der Waals surface area (Å²) in [6.45, 7) is 6.62. The SMILES string of the molecule is CCC(N)(CC)CNS(=O)(=O)c1ccc(NS(=O)(=O)C(C)C)c(F)c1.Cl. The number of rotatable bonds is 9. The van der Waals surface area contributed by atoms with Crippen molar-refractivity contribution in [2.45, 2.75) is 56.2 Å². The summed E-state index contributed by atoms with van der Waals surface area (Å²) >= 11 is 0. The molecule has 0 aliphatic heterocycles. The van der Waals surface area contributed by atoms with Crippen LogP contribution >= 0.6 is 12.4 Å². The summed E-state index contributed by atoms with van der Waals surface area (Å²) < 4.78 is 66.8. The second kappa shape index (κ2) is 9.32. The molecule has 1 aromatic rings. The van der Waals surface area contributed by atoms with E-state index in [9.17, 15) is 21.2 Å². The largest absolute Gasteiger partial charge is 0.324 e. The van der Waals surface area contributed by atoms with Crippen LogP contribution in [0.4, 0.5) is 10.1 Å². The fraction of sp³-hybridized carbons (Fsp3) is 0.600. The van der Waals surface area contributed by atoms with Gasteiger partial charge < -0.3 is 5.73 Å². The number of hydrogen-bond donors (Lipinski definition) is 3. The Kier molecular flexibility index (Phi) is 8.98. The highest BCUT2D eigenvalue weighted by molar-refractivity contribution is 7.93. The van der Waals surface area contributed by atoms with Crippen molar-refractivity contribution in [3.8, 4) is 0 Å². The van der Waals surface area contributed by atoms with Gasteiger partial charge in [-0.3, -0.25) is 4.72 Å². The van der Waals surface area contributed by atoms with E-state index in [2.05, 4.69) is 9.44 Å². The Morgan fingerprint density at radius 3 is 2.12 bits per heavy atom. The van der Waals surface area contributed by atoms with Crippen LogP contribution in [0.2, 0.25) is 0 Å². The fourth-order valence-electron chi connectivity index (χ4n) is 1.84. The van der Waals surface area contributed by atoms with E-state index in [1.54, 1.807) is 0 Å². The molecule has 152 valence electrons. The molecule has 0 saturated carbocycles. The van der Waals surface area contributed by atoms with Crippen LogP contribution in [0, 0.1) is 5.82 Å². The van der Waals surface area contributed by atoms with Crippen LogP contribution in [0.15, 0.2) is 23.1 Å². The minimum absolute atomic E-state index is 0. The number of hydrogen-bond acceptors (Lipinski definition) is 5. The molecule has 0 spiro atoms. The lowest BCUT2D eigenvalue weighted by Gasteiger charge is -2.26. The zero-order valence-electron chi connectivity index (χ0n) is 15.2. The van der Waals surface area contributed by atoms with Gasteiger partial charge in [0.15, 0.2) is 0 Å². The van der Waals surface area contributed by atoms with Crippen LogP contribution in [0.1, 0.15) is 40.5 Å². The predicted octanol–water partition coefficient (Wildman–Crippen LogP) is 2.19. The zero-order valence-corrected chi connectivity index (χ0v) is 17.7. The van der Waals surface area contributed by atoms with E-state index in [0.29, 0.717) is 12.8 Å². The lowest BCUT2D eigenvalue weighted by Crippen LogP contribution is -2.49. The number of nitrogens with two attached hydrogens (primary N) is 1. The number of halogens is 2. The Morgan fingerprint density at radius 2 is 1.69 bits per heavy atom. The Hall–Kier alpha value is -0.940. The average Bonchev–Trinajstić information content (AvgIpc) is 2.54. The van der Waals surface area contributed by atoms with E-state index in [1.807, 2.05) is 13.8 Å². The molecule has 26 heavy (non-hydrogen) atoms. The smallest absolute Gasteiger partial charge is 0.240 e. The molecule has 0 unspecified atom stereocenters. The topological polar surface area (TPSA) is 118 Å². The van der Waals surface area contributed by atoms with Crippen LogP contribution in [-0.4, -0.2) is 34.2 Å². The monoisotopic (exact) mass is 431 g/mol. The van der Waals surface area contributed by atoms with Crippen molar-refractivity contribution >= 4 is 38.1 Å². The third-order valence-electron chi connectivity index (χ3n) is 4.15. The van der Waals surface area contributed by atoms with Gasteiger partial charge in [-0.1, -0.05) is 13.8 Å². The first-order valence-corrected chi connectivity index (χ1v) is 11.0. The minimum Gasteiger partial charge on any atom is -0.324 e. The lowest BCUT2D eigenvalue weighted by atomic mass is 9.95. The highest BCUT2D eigenvalue weighted by atomic mass is 35.5. The highest BCUT2D eigenvalue weighted by Gasteiger charge is 2.25. The van der Waals surface area contributed by atoms with Crippen molar-refractivity contribution in [3.05, 3.63) is 24.0 Å². The molecule has 1 rings (SSSR count). The van der Waals surface area contributed by atoms with Crippen molar-refractivity contribution in [1.29, 1.82) is 0 Å². The van der Waals surface area contributed by atoms with Gasteiger partial charge in [-0.05, 0) is 44.9 Å². The van der Waals surface area contributed by atoms with Crippen molar-refractivity contribution in [2.75, 3.05) is 11.3 Å². The molecule has 0 bridgehead atoms. The summed E-state index contributed by atoms with van der Waals surface area (Å²) in [7, 11) is -7.69. The van der Waals surface area contributed by atoms with Crippen LogP contribution in [0.3, 0.4) is 0 Å². The zero-order chi connectivity index (χ0) is 19.5. The van der Waals surface area contributed by atoms with Crippen LogP contribution in [-0.2, 0) is 20.0 Å². The van der Waals surface area contributed by atoms with Crippen molar-refractivity contribution in [1.82, 2.24) is 4.72 Å². The summed E-state index contributed by atoms with van der Waals surface area (Å²) in [6, 6.07) is 3.00. The van der Waals surface area contributed by atoms with Gasteiger partial charge in [0.1, 0.15) is 5.82 Å². The van der Waals surface area contributed by atoms with Gasteiger partial charge >= 0.3 is 0 Å². The van der Waals surface area contributed by atoms with Gasteiger partial charge in [0.05, 0.1) is 15.8 Å². The first kappa shape index (κ1) is 25.1. The standard InChI is InChI=1S/C15H26FN3O4S2.ClH/c1-5-15(17,6-2)10-18-25(22,23)12-7-8-14(13(16)9-12)19-24(20,21)11(3)4;/h7-9,11,18-19H,5-6,10,17H2,1-4H3;1H. The highest BCUT2D eigenvalue weighted by Crippen LogP contribution is 2.21. The van der Waals surface area contributed by atoms with Gasteiger partial charge in [-0.15, -0.1) is 12.4 Å². The van der Waals surface area contributed by atoms with Gasteiger partial charge in [0.25, 0.3) is 0 Å². The van der Waals surface area contributed by atoms with Crippen LogP contribution in [0.25, 0.3) is 0 Å². The van der Waals surface area contributed by atoms with E-state index >= 15 is 0 Å². The molecule has 7 nitrogen and oxygen atoms in total. The molecule has 0 saturated heterocycles. The predicted molar refractivity (Wildman–Crippen MR) is 104 cm³/mol. The first-order chi connectivity index (χ1) is 11.4. The van der Waals surface area contributed by atoms with Crippen molar-refractivity contribution in [3.63, 3.8) is 0 Å². The summed E-state index contributed by atoms with van der Waals surface area (Å²) in [5, 5.41) is -0.752. The van der Waals surface area contributed by atoms with E-state index in [0.717, 1.165) is 18.2 Å². The summed E-state index contributed by atoms with van der Waals surface area (Å²) in [6.07, 6.45) is 1.16. The van der Waals surface area contributed by atoms with Gasteiger partial charge in [0.2, 0.25) is 20.0 Å². The molecular weight excluding hydrogens is 405 g/mol. The van der Waals surface area contributed by atoms with E-state index < -0.39 is 36.7 Å². The first-order valence-electron chi connectivity index (χ1n) is 7.96. The van der Waals surface area contributed by atoms with E-state index in [4.69, 9.17) is 5.73 Å². The second-order valence-electron chi connectivity index (χ2n) is 6.23. The minimum atomic E-state index is -3.96. The molecule has 0 heterocycles. The Balaban J connectivity index is 0.00000625. The molecule has 0 radical (unpaired) electrons. The van der Waals surface area contributed by atoms with Crippen LogP contribution < -0.4 is 15.2 Å². The third-order valence-corrected chi connectivity index (χ3v) is 7.29. The van der Waals surface area contributed by atoms with Gasteiger partial charge in [0, 0.05) is 12.1 Å².